The summed E-state index contributed by atoms with van der Waals surface area (Å²) >= 11 is 0. The van der Waals surface area contributed by atoms with Crippen LogP contribution in [0.5, 0.6) is 0 Å². The minimum absolute atomic E-state index is 0.139. The van der Waals surface area contributed by atoms with Crippen molar-refractivity contribution in [1.82, 2.24) is 20.0 Å². The molecule has 0 radical (unpaired) electrons. The van der Waals surface area contributed by atoms with Gasteiger partial charge in [-0.05, 0) is 31.9 Å². The van der Waals surface area contributed by atoms with E-state index in [1.54, 1.807) is 0 Å². The third-order valence-corrected chi connectivity index (χ3v) is 4.50. The van der Waals surface area contributed by atoms with Gasteiger partial charge in [0.05, 0.1) is 18.6 Å². The van der Waals surface area contributed by atoms with Gasteiger partial charge in [0.25, 0.3) is 0 Å². The number of rotatable bonds is 4. The zero-order chi connectivity index (χ0) is 14.5. The molecule has 2 saturated heterocycles. The van der Waals surface area contributed by atoms with Crippen molar-refractivity contribution >= 4 is 5.91 Å². The van der Waals surface area contributed by atoms with Crippen molar-refractivity contribution in [2.24, 2.45) is 0 Å². The first-order valence-corrected chi connectivity index (χ1v) is 7.86. The Morgan fingerprint density at radius 3 is 2.95 bits per heavy atom. The summed E-state index contributed by atoms with van der Waals surface area (Å²) in [6.45, 7) is 5.38. The molecule has 1 amide bonds. The van der Waals surface area contributed by atoms with Crippen LogP contribution >= 0.6 is 0 Å². The van der Waals surface area contributed by atoms with Crippen LogP contribution in [-0.2, 0) is 16.1 Å². The molecule has 6 nitrogen and oxygen atoms in total. The van der Waals surface area contributed by atoms with Gasteiger partial charge in [-0.3, -0.25) is 9.48 Å². The van der Waals surface area contributed by atoms with Crippen molar-refractivity contribution < 1.29 is 9.53 Å². The van der Waals surface area contributed by atoms with Crippen LogP contribution in [0.4, 0.5) is 0 Å². The number of carbonyl (C=O) groups is 1. The maximum absolute atomic E-state index is 11.7. The molecule has 2 aliphatic rings. The van der Waals surface area contributed by atoms with Crippen molar-refractivity contribution in [2.75, 3.05) is 32.8 Å². The van der Waals surface area contributed by atoms with Gasteiger partial charge in [0.2, 0.25) is 5.91 Å². The van der Waals surface area contributed by atoms with Gasteiger partial charge in [0.1, 0.15) is 0 Å². The van der Waals surface area contributed by atoms with Crippen molar-refractivity contribution in [2.45, 2.75) is 37.8 Å². The fourth-order valence-corrected chi connectivity index (χ4v) is 3.26. The first-order chi connectivity index (χ1) is 10.3. The van der Waals surface area contributed by atoms with E-state index in [0.29, 0.717) is 19.6 Å². The summed E-state index contributed by atoms with van der Waals surface area (Å²) in [6, 6.07) is 1.96. The van der Waals surface area contributed by atoms with Gasteiger partial charge >= 0.3 is 0 Å². The number of hydrogen-bond acceptors (Lipinski definition) is 4. The number of nitrogens with zero attached hydrogens (tertiary/aromatic N) is 3. The molecule has 2 fully saturated rings. The number of likely N-dealkylation sites (tertiary alicyclic amines) is 1. The summed E-state index contributed by atoms with van der Waals surface area (Å²) in [6.07, 6.45) is 7.37. The fourth-order valence-electron chi connectivity index (χ4n) is 3.26. The molecule has 0 aromatic carbocycles. The average Bonchev–Trinajstić information content (AvgIpc) is 2.93. The number of nitrogens with one attached hydrogen (secondary N) is 1. The Kier molecular flexibility index (Phi) is 4.55. The van der Waals surface area contributed by atoms with Crippen LogP contribution in [0.3, 0.4) is 0 Å². The molecular weight excluding hydrogens is 268 g/mol. The molecule has 0 saturated carbocycles. The van der Waals surface area contributed by atoms with E-state index in [2.05, 4.69) is 15.3 Å². The highest BCUT2D eigenvalue weighted by atomic mass is 16.5. The minimum Gasteiger partial charge on any atom is -0.373 e. The molecule has 0 aliphatic carbocycles. The number of aromatic nitrogens is 2. The number of amides is 1. The Balaban J connectivity index is 1.43. The Bertz CT molecular complexity index is 452. The van der Waals surface area contributed by atoms with E-state index in [4.69, 9.17) is 4.74 Å². The summed E-state index contributed by atoms with van der Waals surface area (Å²) in [5.41, 5.74) is -0.209. The van der Waals surface area contributed by atoms with Gasteiger partial charge in [-0.2, -0.15) is 5.10 Å². The highest BCUT2D eigenvalue weighted by Crippen LogP contribution is 2.30. The fraction of sp³-hybridized carbons (Fsp3) is 0.733. The second-order valence-electron chi connectivity index (χ2n) is 6.02. The van der Waals surface area contributed by atoms with Crippen LogP contribution in [-0.4, -0.2) is 59.0 Å². The highest BCUT2D eigenvalue weighted by Gasteiger charge is 2.38. The van der Waals surface area contributed by atoms with E-state index in [1.165, 1.54) is 0 Å². The lowest BCUT2D eigenvalue weighted by Crippen LogP contribution is -2.47. The predicted octanol–water partition coefficient (Wildman–Crippen LogP) is 0.644. The second kappa shape index (κ2) is 6.58. The molecule has 0 unspecified atom stereocenters. The first kappa shape index (κ1) is 14.5. The van der Waals surface area contributed by atoms with Crippen molar-refractivity contribution in [3.8, 4) is 0 Å². The maximum Gasteiger partial charge on any atom is 0.222 e. The number of aryl methyl sites for hydroxylation is 1. The molecule has 1 aromatic rings. The molecule has 116 valence electrons. The lowest BCUT2D eigenvalue weighted by atomic mass is 9.87. The van der Waals surface area contributed by atoms with Gasteiger partial charge in [0, 0.05) is 38.6 Å². The van der Waals surface area contributed by atoms with Crippen LogP contribution in [0, 0.1) is 0 Å². The molecule has 21 heavy (non-hydrogen) atoms. The van der Waals surface area contributed by atoms with Gasteiger partial charge in [-0.25, -0.2) is 0 Å². The molecule has 6 heteroatoms. The summed E-state index contributed by atoms with van der Waals surface area (Å²) in [4.78, 5) is 14.2. The van der Waals surface area contributed by atoms with E-state index in [-0.39, 0.29) is 11.5 Å². The number of piperidine rings is 1. The summed E-state index contributed by atoms with van der Waals surface area (Å²) in [5, 5.41) is 7.11. The predicted molar refractivity (Wildman–Crippen MR) is 78.8 cm³/mol. The number of hydrogen-bond donors (Lipinski definition) is 1. The Hall–Kier alpha value is -1.40. The molecule has 0 bridgehead atoms. The van der Waals surface area contributed by atoms with Crippen molar-refractivity contribution in [1.29, 1.82) is 0 Å². The van der Waals surface area contributed by atoms with Gasteiger partial charge in [0.15, 0.2) is 0 Å². The smallest absolute Gasteiger partial charge is 0.222 e. The average molecular weight is 292 g/mol. The third kappa shape index (κ3) is 3.83. The van der Waals surface area contributed by atoms with Crippen LogP contribution in [0.15, 0.2) is 18.5 Å². The van der Waals surface area contributed by atoms with Crippen LogP contribution in [0.1, 0.15) is 25.7 Å². The van der Waals surface area contributed by atoms with Gasteiger partial charge in [-0.15, -0.1) is 0 Å². The van der Waals surface area contributed by atoms with E-state index < -0.39 is 0 Å². The summed E-state index contributed by atoms with van der Waals surface area (Å²) in [7, 11) is 0. The number of carbonyl (C=O) groups excluding carboxylic acids is 1. The Morgan fingerprint density at radius 2 is 2.19 bits per heavy atom. The maximum atomic E-state index is 11.7. The quantitative estimate of drug-likeness (QED) is 0.885. The van der Waals surface area contributed by atoms with Crippen molar-refractivity contribution in [3.63, 3.8) is 0 Å². The molecule has 1 spiro atoms. The van der Waals surface area contributed by atoms with Crippen LogP contribution in [0.2, 0.25) is 0 Å². The minimum atomic E-state index is -0.209. The summed E-state index contributed by atoms with van der Waals surface area (Å²) in [5.74, 6) is 0.139. The van der Waals surface area contributed by atoms with Crippen LogP contribution in [0.25, 0.3) is 0 Å². The van der Waals surface area contributed by atoms with E-state index >= 15 is 0 Å². The standard InChI is InChI=1S/C15H24N4O2/c20-14-13-15(21-12-6-16-14)3-10-18(11-4-15)7-2-9-19-8-1-5-17-19/h1,5,8H,2-4,6-7,9-13H2,(H,16,20). The first-order valence-electron chi connectivity index (χ1n) is 7.86. The van der Waals surface area contributed by atoms with Gasteiger partial charge in [-0.1, -0.05) is 0 Å². The van der Waals surface area contributed by atoms with E-state index in [0.717, 1.165) is 45.4 Å². The topological polar surface area (TPSA) is 59.4 Å². The largest absolute Gasteiger partial charge is 0.373 e. The Labute approximate surface area is 125 Å². The Morgan fingerprint density at radius 1 is 1.33 bits per heavy atom. The molecule has 3 rings (SSSR count). The number of ether oxygens (including phenoxy) is 1. The van der Waals surface area contributed by atoms with E-state index in [1.807, 2.05) is 23.1 Å². The molecule has 3 heterocycles. The molecule has 1 aromatic heterocycles. The molecule has 0 atom stereocenters. The van der Waals surface area contributed by atoms with Crippen molar-refractivity contribution in [3.05, 3.63) is 18.5 Å². The zero-order valence-corrected chi connectivity index (χ0v) is 12.5. The molecule has 2 aliphatic heterocycles. The second-order valence-corrected chi connectivity index (χ2v) is 6.02. The highest BCUT2D eigenvalue weighted by molar-refractivity contribution is 5.77. The SMILES string of the molecule is O=C1CC2(CCN(CCCn3cccn3)CC2)OCCN1. The molecular formula is C15H24N4O2. The van der Waals surface area contributed by atoms with E-state index in [9.17, 15) is 4.79 Å². The van der Waals surface area contributed by atoms with Crippen LogP contribution < -0.4 is 5.32 Å². The summed E-state index contributed by atoms with van der Waals surface area (Å²) < 4.78 is 7.97. The van der Waals surface area contributed by atoms with Gasteiger partial charge < -0.3 is 15.0 Å². The third-order valence-electron chi connectivity index (χ3n) is 4.50. The monoisotopic (exact) mass is 292 g/mol. The normalized spacial score (nSPS) is 23.0. The zero-order valence-electron chi connectivity index (χ0n) is 12.5. The molecule has 1 N–H and O–H groups in total. The lowest BCUT2D eigenvalue weighted by molar-refractivity contribution is -0.128. The lowest BCUT2D eigenvalue weighted by Gasteiger charge is -2.40.